The summed E-state index contributed by atoms with van der Waals surface area (Å²) >= 11 is 0. The van der Waals surface area contributed by atoms with Crippen molar-refractivity contribution < 1.29 is 0 Å². The van der Waals surface area contributed by atoms with Crippen molar-refractivity contribution in [2.24, 2.45) is 0 Å². The molecule has 0 atom stereocenters. The molecule has 0 saturated carbocycles. The molecule has 3 heteroatoms. The molecule has 2 rings (SSSR count). The van der Waals surface area contributed by atoms with Gasteiger partial charge in [-0.15, -0.1) is 0 Å². The quantitative estimate of drug-likeness (QED) is 0.771. The van der Waals surface area contributed by atoms with E-state index in [1.807, 2.05) is 13.3 Å². The van der Waals surface area contributed by atoms with Gasteiger partial charge in [0.15, 0.2) is 5.65 Å². The second kappa shape index (κ2) is 3.89. The first-order valence-corrected chi connectivity index (χ1v) is 5.84. The summed E-state index contributed by atoms with van der Waals surface area (Å²) in [6, 6.07) is 2.55. The van der Waals surface area contributed by atoms with Crippen molar-refractivity contribution in [3.63, 3.8) is 0 Å². The lowest BCUT2D eigenvalue weighted by atomic mass is 10.0. The summed E-state index contributed by atoms with van der Waals surface area (Å²) in [4.78, 5) is 9.10. The standard InChI is InChI=1S/C13H19N3/c1-8(2)11-6-10(5)15-13-12(11)14-7-16(13)9(3)4/h6-9H,1-5H3. The zero-order valence-corrected chi connectivity index (χ0v) is 10.7. The third-order valence-electron chi connectivity index (χ3n) is 2.87. The Morgan fingerprint density at radius 2 is 1.88 bits per heavy atom. The van der Waals surface area contributed by atoms with Crippen LogP contribution in [0.5, 0.6) is 0 Å². The summed E-state index contributed by atoms with van der Waals surface area (Å²) in [6.07, 6.45) is 1.90. The van der Waals surface area contributed by atoms with Crippen molar-refractivity contribution in [1.82, 2.24) is 14.5 Å². The molecule has 0 aliphatic carbocycles. The number of rotatable bonds is 2. The predicted molar refractivity (Wildman–Crippen MR) is 66.7 cm³/mol. The number of hydrogen-bond donors (Lipinski definition) is 0. The van der Waals surface area contributed by atoms with Crippen molar-refractivity contribution in [2.75, 3.05) is 0 Å². The van der Waals surface area contributed by atoms with Crippen molar-refractivity contribution >= 4 is 11.2 Å². The van der Waals surface area contributed by atoms with Crippen LogP contribution in [-0.2, 0) is 0 Å². The molecule has 2 aromatic heterocycles. The van der Waals surface area contributed by atoms with E-state index in [4.69, 9.17) is 0 Å². The van der Waals surface area contributed by atoms with Crippen LogP contribution >= 0.6 is 0 Å². The number of hydrogen-bond acceptors (Lipinski definition) is 2. The highest BCUT2D eigenvalue weighted by atomic mass is 15.1. The monoisotopic (exact) mass is 217 g/mol. The second-order valence-electron chi connectivity index (χ2n) is 4.93. The fourth-order valence-corrected chi connectivity index (χ4v) is 1.98. The summed E-state index contributed by atoms with van der Waals surface area (Å²) in [5.74, 6) is 0.486. The third-order valence-corrected chi connectivity index (χ3v) is 2.87. The maximum absolute atomic E-state index is 4.60. The first-order valence-electron chi connectivity index (χ1n) is 5.84. The van der Waals surface area contributed by atoms with Crippen LogP contribution in [0.3, 0.4) is 0 Å². The van der Waals surface area contributed by atoms with Gasteiger partial charge in [0, 0.05) is 11.7 Å². The molecule has 0 bridgehead atoms. The summed E-state index contributed by atoms with van der Waals surface area (Å²) in [5.41, 5.74) is 4.42. The maximum Gasteiger partial charge on any atom is 0.160 e. The first kappa shape index (κ1) is 11.1. The fourth-order valence-electron chi connectivity index (χ4n) is 1.98. The topological polar surface area (TPSA) is 30.7 Å². The van der Waals surface area contributed by atoms with E-state index in [-0.39, 0.29) is 0 Å². The minimum atomic E-state index is 0.402. The van der Waals surface area contributed by atoms with Crippen LogP contribution in [0.1, 0.15) is 50.9 Å². The van der Waals surface area contributed by atoms with Crippen LogP contribution in [0.25, 0.3) is 11.2 Å². The molecule has 0 amide bonds. The molecule has 0 spiro atoms. The van der Waals surface area contributed by atoms with Crippen molar-refractivity contribution in [2.45, 2.75) is 46.6 Å². The Morgan fingerprint density at radius 1 is 1.19 bits per heavy atom. The normalized spacial score (nSPS) is 11.9. The summed E-state index contributed by atoms with van der Waals surface area (Å²) in [5, 5.41) is 0. The largest absolute Gasteiger partial charge is 0.313 e. The Morgan fingerprint density at radius 3 is 2.44 bits per heavy atom. The van der Waals surface area contributed by atoms with Gasteiger partial charge in [-0.05, 0) is 38.3 Å². The van der Waals surface area contributed by atoms with Gasteiger partial charge < -0.3 is 4.57 Å². The van der Waals surface area contributed by atoms with E-state index in [9.17, 15) is 0 Å². The minimum absolute atomic E-state index is 0.402. The average molecular weight is 217 g/mol. The Balaban J connectivity index is 2.75. The van der Waals surface area contributed by atoms with E-state index in [1.165, 1.54) is 5.56 Å². The molecule has 2 heterocycles. The molecule has 0 saturated heterocycles. The van der Waals surface area contributed by atoms with E-state index < -0.39 is 0 Å². The van der Waals surface area contributed by atoms with Gasteiger partial charge in [-0.1, -0.05) is 13.8 Å². The lowest BCUT2D eigenvalue weighted by Gasteiger charge is -2.10. The zero-order chi connectivity index (χ0) is 11.9. The molecule has 86 valence electrons. The van der Waals surface area contributed by atoms with Crippen LogP contribution in [0.15, 0.2) is 12.4 Å². The molecule has 2 aromatic rings. The van der Waals surface area contributed by atoms with Gasteiger partial charge in [0.1, 0.15) is 5.52 Å². The molecule has 0 N–H and O–H groups in total. The van der Waals surface area contributed by atoms with E-state index in [1.54, 1.807) is 0 Å². The van der Waals surface area contributed by atoms with Crippen LogP contribution < -0.4 is 0 Å². The Hall–Kier alpha value is -1.38. The lowest BCUT2D eigenvalue weighted by Crippen LogP contribution is -2.01. The van der Waals surface area contributed by atoms with Gasteiger partial charge in [-0.25, -0.2) is 9.97 Å². The van der Waals surface area contributed by atoms with Gasteiger partial charge >= 0.3 is 0 Å². The van der Waals surface area contributed by atoms with Gasteiger partial charge in [-0.3, -0.25) is 0 Å². The van der Waals surface area contributed by atoms with Gasteiger partial charge in [-0.2, -0.15) is 0 Å². The Kier molecular flexibility index (Phi) is 2.70. The maximum atomic E-state index is 4.60. The first-order chi connectivity index (χ1) is 7.50. The highest BCUT2D eigenvalue weighted by Crippen LogP contribution is 2.25. The highest BCUT2D eigenvalue weighted by molar-refractivity contribution is 5.76. The number of pyridine rings is 1. The molecule has 3 nitrogen and oxygen atoms in total. The number of imidazole rings is 1. The van der Waals surface area contributed by atoms with Gasteiger partial charge in [0.05, 0.1) is 6.33 Å². The third kappa shape index (κ3) is 1.70. The minimum Gasteiger partial charge on any atom is -0.313 e. The molecule has 0 fully saturated rings. The Bertz CT molecular complexity index is 509. The molecular weight excluding hydrogens is 198 g/mol. The van der Waals surface area contributed by atoms with Gasteiger partial charge in [0.25, 0.3) is 0 Å². The summed E-state index contributed by atoms with van der Waals surface area (Å²) in [6.45, 7) is 10.7. The number of fused-ring (bicyclic) bond motifs is 1. The number of aromatic nitrogens is 3. The van der Waals surface area contributed by atoms with Crippen molar-refractivity contribution in [3.8, 4) is 0 Å². The Labute approximate surface area is 96.5 Å². The molecule has 16 heavy (non-hydrogen) atoms. The molecule has 0 radical (unpaired) electrons. The van der Waals surface area contributed by atoms with Crippen molar-refractivity contribution in [1.29, 1.82) is 0 Å². The molecule has 0 aliphatic heterocycles. The van der Waals surface area contributed by atoms with Crippen molar-refractivity contribution in [3.05, 3.63) is 23.7 Å². The SMILES string of the molecule is Cc1cc(C(C)C)c2ncn(C(C)C)c2n1. The van der Waals surface area contributed by atoms with E-state index in [0.717, 1.165) is 16.9 Å². The highest BCUT2D eigenvalue weighted by Gasteiger charge is 2.13. The van der Waals surface area contributed by atoms with Gasteiger partial charge in [0.2, 0.25) is 0 Å². The molecule has 0 aliphatic rings. The average Bonchev–Trinajstić information content (AvgIpc) is 2.59. The van der Waals surface area contributed by atoms with E-state index in [2.05, 4.69) is 48.3 Å². The number of nitrogens with zero attached hydrogens (tertiary/aromatic N) is 3. The van der Waals surface area contributed by atoms with Crippen LogP contribution in [-0.4, -0.2) is 14.5 Å². The van der Waals surface area contributed by atoms with Crippen LogP contribution in [0.4, 0.5) is 0 Å². The summed E-state index contributed by atoms with van der Waals surface area (Å²) < 4.78 is 2.13. The lowest BCUT2D eigenvalue weighted by molar-refractivity contribution is 0.612. The smallest absolute Gasteiger partial charge is 0.160 e. The zero-order valence-electron chi connectivity index (χ0n) is 10.7. The molecule has 0 aromatic carbocycles. The van der Waals surface area contributed by atoms with E-state index in [0.29, 0.717) is 12.0 Å². The fraction of sp³-hybridized carbons (Fsp3) is 0.538. The molecule has 0 unspecified atom stereocenters. The van der Waals surface area contributed by atoms with E-state index >= 15 is 0 Å². The summed E-state index contributed by atoms with van der Waals surface area (Å²) in [7, 11) is 0. The number of aryl methyl sites for hydroxylation is 1. The predicted octanol–water partition coefficient (Wildman–Crippen LogP) is 3.44. The van der Waals surface area contributed by atoms with Crippen LogP contribution in [0.2, 0.25) is 0 Å². The second-order valence-corrected chi connectivity index (χ2v) is 4.93. The molecular formula is C13H19N3. The van der Waals surface area contributed by atoms with Crippen LogP contribution in [0, 0.1) is 6.92 Å².